The van der Waals surface area contributed by atoms with Crippen molar-refractivity contribution in [3.05, 3.63) is 24.0 Å². The molecule has 31 heavy (non-hydrogen) atoms. The monoisotopic (exact) mass is 430 g/mol. The van der Waals surface area contributed by atoms with E-state index in [-0.39, 0.29) is 12.1 Å². The molecule has 0 aromatic carbocycles. The van der Waals surface area contributed by atoms with Crippen LogP contribution in [0.25, 0.3) is 0 Å². The molecule has 1 N–H and O–H groups in total. The van der Waals surface area contributed by atoms with Gasteiger partial charge in [-0.2, -0.15) is 0 Å². The summed E-state index contributed by atoms with van der Waals surface area (Å²) in [7, 11) is 0. The van der Waals surface area contributed by atoms with Gasteiger partial charge in [0, 0.05) is 32.2 Å². The lowest BCUT2D eigenvalue weighted by molar-refractivity contribution is -0.143. The number of aromatic nitrogens is 1. The first-order valence-electron chi connectivity index (χ1n) is 11.5. The molecule has 1 saturated carbocycles. The van der Waals surface area contributed by atoms with E-state index in [1.165, 1.54) is 19.3 Å². The summed E-state index contributed by atoms with van der Waals surface area (Å²) >= 11 is 0. The number of aliphatic carboxylic acids is 1. The van der Waals surface area contributed by atoms with Crippen LogP contribution < -0.4 is 4.74 Å². The fourth-order valence-electron chi connectivity index (χ4n) is 4.53. The van der Waals surface area contributed by atoms with Crippen molar-refractivity contribution >= 4 is 12.0 Å². The minimum Gasteiger partial charge on any atom is -0.485 e. The molecule has 1 aromatic rings. The second kappa shape index (κ2) is 9.02. The van der Waals surface area contributed by atoms with Gasteiger partial charge in [0.05, 0.1) is 25.0 Å². The summed E-state index contributed by atoms with van der Waals surface area (Å²) in [6.45, 7) is 8.39. The van der Waals surface area contributed by atoms with E-state index >= 15 is 0 Å². The Labute approximate surface area is 184 Å². The number of carbonyl (C=O) groups excluding carboxylic acids is 1. The molecular formula is C23H34N4O4. The van der Waals surface area contributed by atoms with Crippen molar-refractivity contribution < 1.29 is 19.4 Å². The van der Waals surface area contributed by atoms with Crippen molar-refractivity contribution in [1.29, 1.82) is 0 Å². The van der Waals surface area contributed by atoms with E-state index in [1.807, 2.05) is 16.7 Å². The predicted octanol–water partition coefficient (Wildman–Crippen LogP) is 2.58. The van der Waals surface area contributed by atoms with Gasteiger partial charge in [0.25, 0.3) is 0 Å². The third-order valence-corrected chi connectivity index (χ3v) is 7.29. The van der Waals surface area contributed by atoms with Crippen molar-refractivity contribution in [3.63, 3.8) is 0 Å². The number of nitrogens with zero attached hydrogens (tertiary/aromatic N) is 4. The molecule has 1 aliphatic carbocycles. The van der Waals surface area contributed by atoms with Crippen LogP contribution in [-0.2, 0) is 10.2 Å². The molecule has 8 nitrogen and oxygen atoms in total. The van der Waals surface area contributed by atoms with Gasteiger partial charge in [0.1, 0.15) is 17.3 Å². The van der Waals surface area contributed by atoms with E-state index < -0.39 is 11.4 Å². The Bertz CT molecular complexity index is 791. The molecule has 0 bridgehead atoms. The molecule has 1 unspecified atom stereocenters. The maximum atomic E-state index is 12.9. The molecule has 8 heteroatoms. The highest BCUT2D eigenvalue weighted by molar-refractivity contribution is 5.80. The first-order valence-corrected chi connectivity index (χ1v) is 11.5. The largest absolute Gasteiger partial charge is 0.485 e. The zero-order chi connectivity index (χ0) is 22.0. The van der Waals surface area contributed by atoms with Crippen molar-refractivity contribution in [2.24, 2.45) is 0 Å². The maximum Gasteiger partial charge on any atom is 0.320 e. The Morgan fingerprint density at radius 1 is 1.13 bits per heavy atom. The summed E-state index contributed by atoms with van der Waals surface area (Å²) < 4.78 is 5.94. The Morgan fingerprint density at radius 2 is 1.90 bits per heavy atom. The van der Waals surface area contributed by atoms with Crippen LogP contribution in [0.1, 0.15) is 51.6 Å². The van der Waals surface area contributed by atoms with Gasteiger partial charge in [-0.25, -0.2) is 4.79 Å². The van der Waals surface area contributed by atoms with Crippen LogP contribution in [0.3, 0.4) is 0 Å². The molecule has 2 aliphatic heterocycles. The van der Waals surface area contributed by atoms with Gasteiger partial charge in [-0.3, -0.25) is 14.7 Å². The summed E-state index contributed by atoms with van der Waals surface area (Å²) in [6, 6.07) is 4.35. The average Bonchev–Trinajstić information content (AvgIpc) is 2.94. The van der Waals surface area contributed by atoms with E-state index in [2.05, 4.69) is 9.88 Å². The minimum atomic E-state index is -1.00. The zero-order valence-corrected chi connectivity index (χ0v) is 18.6. The zero-order valence-electron chi connectivity index (χ0n) is 18.6. The van der Waals surface area contributed by atoms with Crippen molar-refractivity contribution in [1.82, 2.24) is 19.7 Å². The van der Waals surface area contributed by atoms with Gasteiger partial charge in [-0.15, -0.1) is 0 Å². The molecule has 170 valence electrons. The number of hydrogen-bond acceptors (Lipinski definition) is 5. The number of pyridine rings is 1. The van der Waals surface area contributed by atoms with Gasteiger partial charge in [0.15, 0.2) is 0 Å². The number of rotatable bonds is 6. The molecule has 3 heterocycles. The lowest BCUT2D eigenvalue weighted by Gasteiger charge is -2.41. The number of urea groups is 1. The summed E-state index contributed by atoms with van der Waals surface area (Å²) in [5, 5.41) is 9.50. The third kappa shape index (κ3) is 4.49. The average molecular weight is 431 g/mol. The van der Waals surface area contributed by atoms with Crippen LogP contribution in [0.15, 0.2) is 18.3 Å². The van der Waals surface area contributed by atoms with E-state index in [0.717, 1.165) is 38.6 Å². The summed E-state index contributed by atoms with van der Waals surface area (Å²) in [5.41, 5.74) is -0.475. The van der Waals surface area contributed by atoms with E-state index in [9.17, 15) is 14.7 Å². The Hall–Kier alpha value is -2.35. The summed E-state index contributed by atoms with van der Waals surface area (Å²) in [6.07, 6.45) is 7.00. The van der Waals surface area contributed by atoms with Gasteiger partial charge in [0.2, 0.25) is 0 Å². The first-order chi connectivity index (χ1) is 14.9. The van der Waals surface area contributed by atoms with Crippen molar-refractivity contribution in [3.8, 4) is 5.75 Å². The van der Waals surface area contributed by atoms with Crippen molar-refractivity contribution in [2.75, 3.05) is 39.3 Å². The summed E-state index contributed by atoms with van der Waals surface area (Å²) in [5.74, 6) is -0.274. The third-order valence-electron chi connectivity index (χ3n) is 7.29. The Balaban J connectivity index is 1.24. The number of carbonyl (C=O) groups is 2. The molecule has 3 fully saturated rings. The highest BCUT2D eigenvalue weighted by Gasteiger charge is 2.37. The SMILES string of the molecule is CCC(C)(C(=O)O)c1ccc(OC2CN(C(=O)N3CCCN(C4CCC4)CC3)C2)cn1. The molecule has 4 rings (SSSR count). The van der Waals surface area contributed by atoms with Gasteiger partial charge in [-0.1, -0.05) is 13.3 Å². The fourth-order valence-corrected chi connectivity index (χ4v) is 4.53. The predicted molar refractivity (Wildman–Crippen MR) is 116 cm³/mol. The topological polar surface area (TPSA) is 86.2 Å². The number of hydrogen-bond donors (Lipinski definition) is 1. The normalized spacial score (nSPS) is 22.8. The molecule has 1 atom stereocenters. The number of likely N-dealkylation sites (tertiary alicyclic amines) is 1. The second-order valence-electron chi connectivity index (χ2n) is 9.26. The molecule has 2 amide bonds. The number of ether oxygens (including phenoxy) is 1. The first kappa shape index (κ1) is 21.9. The van der Waals surface area contributed by atoms with Gasteiger partial charge in [-0.05, 0) is 44.7 Å². The lowest BCUT2D eigenvalue weighted by Crippen LogP contribution is -2.60. The van der Waals surface area contributed by atoms with Crippen LogP contribution in [0.5, 0.6) is 5.75 Å². The smallest absolute Gasteiger partial charge is 0.320 e. The molecule has 0 spiro atoms. The summed E-state index contributed by atoms with van der Waals surface area (Å²) in [4.78, 5) is 35.2. The number of carboxylic acid groups (broad SMARTS) is 1. The van der Waals surface area contributed by atoms with Crippen LogP contribution in [-0.4, -0.2) is 88.2 Å². The van der Waals surface area contributed by atoms with Crippen molar-refractivity contribution in [2.45, 2.75) is 63.5 Å². The minimum absolute atomic E-state index is 0.0490. The maximum absolute atomic E-state index is 12.9. The number of carboxylic acids is 1. The highest BCUT2D eigenvalue weighted by Crippen LogP contribution is 2.28. The molecule has 3 aliphatic rings. The van der Waals surface area contributed by atoms with Crippen LogP contribution in [0.2, 0.25) is 0 Å². The number of amides is 2. The van der Waals surface area contributed by atoms with Crippen LogP contribution in [0, 0.1) is 0 Å². The van der Waals surface area contributed by atoms with Crippen LogP contribution >= 0.6 is 0 Å². The molecule has 2 saturated heterocycles. The van der Waals surface area contributed by atoms with Crippen LogP contribution in [0.4, 0.5) is 4.79 Å². The fraction of sp³-hybridized carbons (Fsp3) is 0.696. The van der Waals surface area contributed by atoms with E-state index in [4.69, 9.17) is 4.74 Å². The molecule has 1 aromatic heterocycles. The Kier molecular flexibility index (Phi) is 6.36. The highest BCUT2D eigenvalue weighted by atomic mass is 16.5. The molecular weight excluding hydrogens is 396 g/mol. The van der Waals surface area contributed by atoms with Gasteiger partial charge >= 0.3 is 12.0 Å². The second-order valence-corrected chi connectivity index (χ2v) is 9.26. The lowest BCUT2D eigenvalue weighted by atomic mass is 9.84. The van der Waals surface area contributed by atoms with Gasteiger partial charge < -0.3 is 19.6 Å². The Morgan fingerprint density at radius 3 is 2.48 bits per heavy atom. The van der Waals surface area contributed by atoms with E-state index in [1.54, 1.807) is 25.3 Å². The standard InChI is InChI=1S/C23H34N4O4/c1-3-23(2,21(28)29)20-9-8-18(14-24-20)31-19-15-27(16-19)22(30)26-11-5-10-25(12-13-26)17-6-4-7-17/h8-9,14,17,19H,3-7,10-13,15-16H2,1-2H3,(H,28,29). The quantitative estimate of drug-likeness (QED) is 0.747. The van der Waals surface area contributed by atoms with E-state index in [0.29, 0.717) is 31.0 Å². The molecule has 0 radical (unpaired) electrons.